The highest BCUT2D eigenvalue weighted by Gasteiger charge is 2.52. The number of hydrogen-bond acceptors (Lipinski definition) is 0. The second kappa shape index (κ2) is 10.6. The van der Waals surface area contributed by atoms with Gasteiger partial charge in [0.25, 0.3) is 0 Å². The van der Waals surface area contributed by atoms with Crippen LogP contribution in [0.5, 0.6) is 0 Å². The molecule has 0 bridgehead atoms. The summed E-state index contributed by atoms with van der Waals surface area (Å²) in [6, 6.07) is 73.4. The summed E-state index contributed by atoms with van der Waals surface area (Å²) in [5.41, 5.74) is 20.7. The molecule has 10 aromatic rings. The Kier molecular flexibility index (Phi) is 5.65. The monoisotopic (exact) mass is 692 g/mol. The fourth-order valence-corrected chi connectivity index (χ4v) is 10.9. The van der Waals surface area contributed by atoms with Gasteiger partial charge in [0.1, 0.15) is 0 Å². The van der Waals surface area contributed by atoms with Gasteiger partial charge in [-0.15, -0.1) is 0 Å². The predicted molar refractivity (Wildman–Crippen MR) is 231 cm³/mol. The highest BCUT2D eigenvalue weighted by molar-refractivity contribution is 6.20. The normalized spacial score (nSPS) is 13.6. The Morgan fingerprint density at radius 3 is 1.40 bits per heavy atom. The molecule has 0 aromatic heterocycles. The minimum Gasteiger partial charge on any atom is -0.0619 e. The van der Waals surface area contributed by atoms with E-state index in [4.69, 9.17) is 0 Å². The van der Waals surface area contributed by atoms with Gasteiger partial charge in [0, 0.05) is 0 Å². The molecule has 0 saturated carbocycles. The van der Waals surface area contributed by atoms with E-state index in [1.165, 1.54) is 121 Å². The molecule has 1 spiro atoms. The van der Waals surface area contributed by atoms with Gasteiger partial charge in [0.05, 0.1) is 5.41 Å². The van der Waals surface area contributed by atoms with E-state index in [0.717, 1.165) is 0 Å². The van der Waals surface area contributed by atoms with Crippen molar-refractivity contribution < 1.29 is 0 Å². The molecule has 0 aliphatic heterocycles. The average molecular weight is 693 g/mol. The first-order chi connectivity index (χ1) is 27.3. The Morgan fingerprint density at radius 1 is 0.236 bits per heavy atom. The van der Waals surface area contributed by atoms with E-state index < -0.39 is 5.41 Å². The van der Waals surface area contributed by atoms with E-state index in [1.807, 2.05) is 0 Å². The summed E-state index contributed by atoms with van der Waals surface area (Å²) in [4.78, 5) is 0. The molecule has 252 valence electrons. The van der Waals surface area contributed by atoms with Gasteiger partial charge in [-0.25, -0.2) is 0 Å². The van der Waals surface area contributed by atoms with Crippen LogP contribution >= 0.6 is 0 Å². The molecular formula is C55H32. The highest BCUT2D eigenvalue weighted by Crippen LogP contribution is 2.65. The molecule has 55 heavy (non-hydrogen) atoms. The SMILES string of the molecule is c1ccc(-c2ccc3c4c(cccc24)-c2ccccc2-3)c(-c2cc3c(c4ccccc24)-c2cc4ccccc4cc2C32c3ccccc3-c3ccccc32)c1. The minimum absolute atomic E-state index is 0.455. The molecule has 10 aromatic carbocycles. The molecule has 13 rings (SSSR count). The predicted octanol–water partition coefficient (Wildman–Crippen LogP) is 14.5. The lowest BCUT2D eigenvalue weighted by molar-refractivity contribution is 0.796. The van der Waals surface area contributed by atoms with Gasteiger partial charge >= 0.3 is 0 Å². The maximum absolute atomic E-state index is 2.58. The Bertz CT molecular complexity index is 3250. The van der Waals surface area contributed by atoms with Crippen LogP contribution in [0.2, 0.25) is 0 Å². The summed E-state index contributed by atoms with van der Waals surface area (Å²) in [5.74, 6) is 0. The minimum atomic E-state index is -0.455. The van der Waals surface area contributed by atoms with Crippen LogP contribution in [0, 0.1) is 0 Å². The standard InChI is InChI=1S/C55H32/c1-2-15-34-31-51-48(30-33(34)14-1)54-45-23-8-7-20-39(45)47(32-52(54)55(51)49-26-11-9-21-41(49)42-22-10-12-27-50(42)55)38-19-6-3-16-35(38)40-28-29-46-37-18-5-4-17-36(37)43-24-13-25-44(40)53(43)46/h1-32H. The molecule has 3 aliphatic rings. The second-order valence-electron chi connectivity index (χ2n) is 15.5. The van der Waals surface area contributed by atoms with Crippen molar-refractivity contribution in [1.29, 1.82) is 0 Å². The molecule has 0 fully saturated rings. The third-order valence-electron chi connectivity index (χ3n) is 13.0. The van der Waals surface area contributed by atoms with Crippen molar-refractivity contribution >= 4 is 32.3 Å². The van der Waals surface area contributed by atoms with Crippen molar-refractivity contribution in [2.75, 3.05) is 0 Å². The zero-order chi connectivity index (χ0) is 35.8. The van der Waals surface area contributed by atoms with Gasteiger partial charge in [-0.05, 0) is 140 Å². The molecule has 0 radical (unpaired) electrons. The quantitative estimate of drug-likeness (QED) is 0.169. The molecule has 0 heteroatoms. The lowest BCUT2D eigenvalue weighted by atomic mass is 9.69. The first-order valence-electron chi connectivity index (χ1n) is 19.4. The third kappa shape index (κ3) is 3.62. The largest absolute Gasteiger partial charge is 0.0726 e. The van der Waals surface area contributed by atoms with E-state index in [1.54, 1.807) is 0 Å². The number of fused-ring (bicyclic) bond motifs is 16. The van der Waals surface area contributed by atoms with Gasteiger partial charge in [-0.3, -0.25) is 0 Å². The van der Waals surface area contributed by atoms with Crippen LogP contribution < -0.4 is 0 Å². The van der Waals surface area contributed by atoms with E-state index in [9.17, 15) is 0 Å². The smallest absolute Gasteiger partial charge is 0.0619 e. The summed E-state index contributed by atoms with van der Waals surface area (Å²) in [5, 5.41) is 7.79. The van der Waals surface area contributed by atoms with Crippen molar-refractivity contribution in [3.63, 3.8) is 0 Å². The first kappa shape index (κ1) is 29.4. The van der Waals surface area contributed by atoms with Gasteiger partial charge in [0.15, 0.2) is 0 Å². The topological polar surface area (TPSA) is 0 Å². The highest BCUT2D eigenvalue weighted by atomic mass is 14.5. The number of benzene rings is 10. The van der Waals surface area contributed by atoms with Crippen LogP contribution in [0.15, 0.2) is 194 Å². The van der Waals surface area contributed by atoms with E-state index >= 15 is 0 Å². The molecule has 0 N–H and O–H groups in total. The molecule has 0 unspecified atom stereocenters. The maximum Gasteiger partial charge on any atom is 0.0726 e. The Labute approximate surface area is 319 Å². The fraction of sp³-hybridized carbons (Fsp3) is 0.0182. The summed E-state index contributed by atoms with van der Waals surface area (Å²) < 4.78 is 0. The first-order valence-corrected chi connectivity index (χ1v) is 19.4. The van der Waals surface area contributed by atoms with Crippen LogP contribution in [0.4, 0.5) is 0 Å². The maximum atomic E-state index is 2.58. The number of hydrogen-bond donors (Lipinski definition) is 0. The van der Waals surface area contributed by atoms with Crippen molar-refractivity contribution in [1.82, 2.24) is 0 Å². The summed E-state index contributed by atoms with van der Waals surface area (Å²) in [6.45, 7) is 0. The van der Waals surface area contributed by atoms with Crippen LogP contribution in [0.1, 0.15) is 22.3 Å². The molecule has 0 atom stereocenters. The van der Waals surface area contributed by atoms with Crippen molar-refractivity contribution in [2.45, 2.75) is 5.41 Å². The molecule has 3 aliphatic carbocycles. The summed E-state index contributed by atoms with van der Waals surface area (Å²) >= 11 is 0. The second-order valence-corrected chi connectivity index (χ2v) is 15.5. The summed E-state index contributed by atoms with van der Waals surface area (Å²) in [6.07, 6.45) is 0. The lowest BCUT2D eigenvalue weighted by Crippen LogP contribution is -2.26. The van der Waals surface area contributed by atoms with Gasteiger partial charge in [-0.2, -0.15) is 0 Å². The zero-order valence-corrected chi connectivity index (χ0v) is 30.0. The van der Waals surface area contributed by atoms with E-state index in [-0.39, 0.29) is 0 Å². The van der Waals surface area contributed by atoms with Crippen LogP contribution in [-0.2, 0) is 5.41 Å². The van der Waals surface area contributed by atoms with Gasteiger partial charge < -0.3 is 0 Å². The lowest BCUT2D eigenvalue weighted by Gasteiger charge is -2.31. The Balaban J connectivity index is 1.15. The van der Waals surface area contributed by atoms with Crippen LogP contribution in [0.25, 0.3) is 99.1 Å². The molecular weight excluding hydrogens is 661 g/mol. The van der Waals surface area contributed by atoms with Gasteiger partial charge in [0.2, 0.25) is 0 Å². The van der Waals surface area contributed by atoms with Gasteiger partial charge in [-0.1, -0.05) is 176 Å². The van der Waals surface area contributed by atoms with E-state index in [2.05, 4.69) is 194 Å². The Morgan fingerprint density at radius 2 is 0.709 bits per heavy atom. The molecule has 0 saturated heterocycles. The van der Waals surface area contributed by atoms with Crippen LogP contribution in [-0.4, -0.2) is 0 Å². The third-order valence-corrected chi connectivity index (χ3v) is 13.0. The zero-order valence-electron chi connectivity index (χ0n) is 30.0. The average Bonchev–Trinajstić information content (AvgIpc) is 3.85. The molecule has 0 nitrogen and oxygen atoms in total. The van der Waals surface area contributed by atoms with Crippen molar-refractivity contribution in [3.8, 4) is 66.8 Å². The Hall–Kier alpha value is -7.02. The number of rotatable bonds is 2. The van der Waals surface area contributed by atoms with Crippen LogP contribution in [0.3, 0.4) is 0 Å². The van der Waals surface area contributed by atoms with Crippen molar-refractivity contribution in [2.24, 2.45) is 0 Å². The molecule has 0 heterocycles. The van der Waals surface area contributed by atoms with Crippen molar-refractivity contribution in [3.05, 3.63) is 216 Å². The van der Waals surface area contributed by atoms with E-state index in [0.29, 0.717) is 0 Å². The summed E-state index contributed by atoms with van der Waals surface area (Å²) in [7, 11) is 0. The molecule has 0 amide bonds. The fourth-order valence-electron chi connectivity index (χ4n) is 10.9.